The van der Waals surface area contributed by atoms with Gasteiger partial charge in [0.05, 0.1) is 0 Å². The molecule has 1 aliphatic rings. The smallest absolute Gasteiger partial charge is 0.164 e. The van der Waals surface area contributed by atoms with Crippen molar-refractivity contribution in [3.8, 4) is 67.5 Å². The van der Waals surface area contributed by atoms with Gasteiger partial charge in [-0.3, -0.25) is 4.98 Å². The standard InChI is InChI=1S/C47H32N4O/c1-47(2)40-22-21-33(25-37(40)38-27-43-39(26-41(38)47)36-15-6-7-16-42(36)52-43)32-12-8-13-34(24-32)46-50-44(30-10-4-3-5-11-30)49-45(51-46)31-19-17-29(18-20-31)35-14-9-23-48-28-35/h3-28H,1-2H3. The van der Waals surface area contributed by atoms with Gasteiger partial charge in [-0.05, 0) is 80.9 Å². The molecule has 0 atom stereocenters. The first-order valence-corrected chi connectivity index (χ1v) is 17.5. The van der Waals surface area contributed by atoms with Crippen LogP contribution in [0.1, 0.15) is 25.0 Å². The van der Waals surface area contributed by atoms with E-state index in [4.69, 9.17) is 19.4 Å². The van der Waals surface area contributed by atoms with E-state index in [-0.39, 0.29) is 5.41 Å². The molecule has 3 aromatic heterocycles. The van der Waals surface area contributed by atoms with Crippen molar-refractivity contribution in [2.24, 2.45) is 0 Å². The highest BCUT2D eigenvalue weighted by Gasteiger charge is 2.36. The average molecular weight is 669 g/mol. The van der Waals surface area contributed by atoms with Crippen molar-refractivity contribution in [2.75, 3.05) is 0 Å². The Labute approximate surface area is 301 Å². The SMILES string of the molecule is CC1(C)c2ccc(-c3cccc(-c4nc(-c5ccccc5)nc(-c5ccc(-c6cccnc6)cc5)n4)c3)cc2-c2cc3oc4ccccc4c3cc21. The van der Waals surface area contributed by atoms with Crippen molar-refractivity contribution >= 4 is 21.9 Å². The van der Waals surface area contributed by atoms with Gasteiger partial charge in [0.2, 0.25) is 0 Å². The van der Waals surface area contributed by atoms with E-state index in [1.165, 1.54) is 27.6 Å². The molecule has 0 saturated carbocycles. The molecule has 1 aliphatic carbocycles. The summed E-state index contributed by atoms with van der Waals surface area (Å²) in [5, 5.41) is 2.32. The summed E-state index contributed by atoms with van der Waals surface area (Å²) in [7, 11) is 0. The van der Waals surface area contributed by atoms with Crippen LogP contribution < -0.4 is 0 Å². The lowest BCUT2D eigenvalue weighted by Gasteiger charge is -2.21. The van der Waals surface area contributed by atoms with E-state index in [1.54, 1.807) is 6.20 Å². The predicted molar refractivity (Wildman–Crippen MR) is 210 cm³/mol. The third-order valence-electron chi connectivity index (χ3n) is 10.4. The molecule has 0 unspecified atom stereocenters. The van der Waals surface area contributed by atoms with Crippen LogP contribution in [0.4, 0.5) is 0 Å². The summed E-state index contributed by atoms with van der Waals surface area (Å²) >= 11 is 0. The van der Waals surface area contributed by atoms with Crippen molar-refractivity contribution < 1.29 is 4.42 Å². The predicted octanol–water partition coefficient (Wildman–Crippen LogP) is 11.8. The first-order chi connectivity index (χ1) is 25.5. The van der Waals surface area contributed by atoms with Crippen LogP contribution in [-0.4, -0.2) is 19.9 Å². The molecule has 0 fully saturated rings. The van der Waals surface area contributed by atoms with Crippen LogP contribution in [0.5, 0.6) is 0 Å². The third-order valence-corrected chi connectivity index (χ3v) is 10.4. The molecule has 5 heteroatoms. The number of fused-ring (bicyclic) bond motifs is 6. The molecule has 5 nitrogen and oxygen atoms in total. The van der Waals surface area contributed by atoms with Crippen LogP contribution >= 0.6 is 0 Å². The number of rotatable bonds is 5. The Morgan fingerprint density at radius 3 is 1.83 bits per heavy atom. The highest BCUT2D eigenvalue weighted by atomic mass is 16.3. The molecule has 9 aromatic rings. The summed E-state index contributed by atoms with van der Waals surface area (Å²) in [6.45, 7) is 4.64. The summed E-state index contributed by atoms with van der Waals surface area (Å²) in [5.41, 5.74) is 14.0. The van der Waals surface area contributed by atoms with Gasteiger partial charge in [-0.1, -0.05) is 123 Å². The van der Waals surface area contributed by atoms with Crippen molar-refractivity contribution in [1.82, 2.24) is 19.9 Å². The van der Waals surface area contributed by atoms with E-state index >= 15 is 0 Å². The lowest BCUT2D eigenvalue weighted by Crippen LogP contribution is -2.14. The molecule has 6 aromatic carbocycles. The molecule has 3 heterocycles. The lowest BCUT2D eigenvalue weighted by molar-refractivity contribution is 0.658. The molecular weight excluding hydrogens is 637 g/mol. The minimum absolute atomic E-state index is 0.136. The zero-order chi connectivity index (χ0) is 34.8. The topological polar surface area (TPSA) is 64.7 Å². The van der Waals surface area contributed by atoms with E-state index in [9.17, 15) is 0 Å². The lowest BCUT2D eigenvalue weighted by atomic mass is 9.81. The maximum absolute atomic E-state index is 6.33. The van der Waals surface area contributed by atoms with Crippen LogP contribution in [0.25, 0.3) is 89.5 Å². The largest absolute Gasteiger partial charge is 0.456 e. The number of benzene rings is 6. The zero-order valence-corrected chi connectivity index (χ0v) is 28.7. The molecule has 0 bridgehead atoms. The summed E-state index contributed by atoms with van der Waals surface area (Å²) in [5.74, 6) is 1.89. The Morgan fingerprint density at radius 1 is 0.423 bits per heavy atom. The van der Waals surface area contributed by atoms with E-state index in [1.807, 2.05) is 54.7 Å². The van der Waals surface area contributed by atoms with Gasteiger partial charge in [0.15, 0.2) is 17.5 Å². The fourth-order valence-corrected chi connectivity index (χ4v) is 7.68. The van der Waals surface area contributed by atoms with Gasteiger partial charge >= 0.3 is 0 Å². The highest BCUT2D eigenvalue weighted by Crippen LogP contribution is 2.51. The number of hydrogen-bond acceptors (Lipinski definition) is 5. The highest BCUT2D eigenvalue weighted by molar-refractivity contribution is 6.07. The van der Waals surface area contributed by atoms with Crippen LogP contribution in [0.15, 0.2) is 162 Å². The second-order valence-electron chi connectivity index (χ2n) is 13.9. The summed E-state index contributed by atoms with van der Waals surface area (Å²) in [6.07, 6.45) is 3.66. The normalized spacial score (nSPS) is 13.0. The number of aromatic nitrogens is 4. The van der Waals surface area contributed by atoms with Gasteiger partial charge in [-0.15, -0.1) is 0 Å². The Hall–Kier alpha value is -6.72. The van der Waals surface area contributed by atoms with E-state index in [0.29, 0.717) is 17.5 Å². The molecule has 52 heavy (non-hydrogen) atoms. The van der Waals surface area contributed by atoms with E-state index in [2.05, 4.69) is 116 Å². The Bertz CT molecular complexity index is 2800. The Kier molecular flexibility index (Phi) is 6.77. The number of furan rings is 1. The molecule has 0 saturated heterocycles. The fourth-order valence-electron chi connectivity index (χ4n) is 7.68. The minimum Gasteiger partial charge on any atom is -0.456 e. The van der Waals surface area contributed by atoms with Crippen LogP contribution in [0.3, 0.4) is 0 Å². The van der Waals surface area contributed by atoms with E-state index in [0.717, 1.165) is 55.5 Å². The van der Waals surface area contributed by atoms with Crippen molar-refractivity contribution in [3.63, 3.8) is 0 Å². The van der Waals surface area contributed by atoms with Crippen LogP contribution in [-0.2, 0) is 5.41 Å². The second kappa shape index (κ2) is 11.7. The Balaban J connectivity index is 1.06. The second-order valence-corrected chi connectivity index (χ2v) is 13.9. The number of pyridine rings is 1. The van der Waals surface area contributed by atoms with E-state index < -0.39 is 0 Å². The summed E-state index contributed by atoms with van der Waals surface area (Å²) in [6, 6.07) is 50.6. The maximum atomic E-state index is 6.33. The summed E-state index contributed by atoms with van der Waals surface area (Å²) < 4.78 is 6.33. The molecule has 0 N–H and O–H groups in total. The fraction of sp³-hybridized carbons (Fsp3) is 0.0638. The van der Waals surface area contributed by atoms with Gasteiger partial charge in [0.25, 0.3) is 0 Å². The molecule has 246 valence electrons. The van der Waals surface area contributed by atoms with Gasteiger partial charge in [0.1, 0.15) is 11.2 Å². The monoisotopic (exact) mass is 668 g/mol. The number of para-hydroxylation sites is 1. The maximum Gasteiger partial charge on any atom is 0.164 e. The molecule has 0 amide bonds. The van der Waals surface area contributed by atoms with Crippen LogP contribution in [0.2, 0.25) is 0 Å². The molecular formula is C47H32N4O. The minimum atomic E-state index is -0.136. The molecule has 0 spiro atoms. The van der Waals surface area contributed by atoms with Crippen molar-refractivity contribution in [1.29, 1.82) is 0 Å². The molecule has 10 rings (SSSR count). The average Bonchev–Trinajstić information content (AvgIpc) is 3.68. The van der Waals surface area contributed by atoms with Crippen molar-refractivity contribution in [3.05, 3.63) is 169 Å². The molecule has 0 aliphatic heterocycles. The van der Waals surface area contributed by atoms with Gasteiger partial charge in [0, 0.05) is 45.3 Å². The van der Waals surface area contributed by atoms with Crippen LogP contribution in [0, 0.1) is 0 Å². The Morgan fingerprint density at radius 2 is 1.04 bits per heavy atom. The zero-order valence-electron chi connectivity index (χ0n) is 28.7. The van der Waals surface area contributed by atoms with Gasteiger partial charge in [-0.25, -0.2) is 15.0 Å². The first kappa shape index (κ1) is 30.1. The quantitative estimate of drug-likeness (QED) is 0.183. The summed E-state index contributed by atoms with van der Waals surface area (Å²) in [4.78, 5) is 19.3. The van der Waals surface area contributed by atoms with Gasteiger partial charge in [-0.2, -0.15) is 0 Å². The molecule has 0 radical (unpaired) electrons. The number of hydrogen-bond donors (Lipinski definition) is 0. The van der Waals surface area contributed by atoms with Gasteiger partial charge < -0.3 is 4.42 Å². The van der Waals surface area contributed by atoms with Crippen molar-refractivity contribution in [2.45, 2.75) is 19.3 Å². The first-order valence-electron chi connectivity index (χ1n) is 17.5. The third kappa shape index (κ3) is 4.93. The number of nitrogens with zero attached hydrogens (tertiary/aromatic N) is 4.